The van der Waals surface area contributed by atoms with Crippen LogP contribution in [0.2, 0.25) is 0 Å². The Morgan fingerprint density at radius 3 is 2.49 bits per heavy atom. The molecule has 11 nitrogen and oxygen atoms in total. The number of amides is 3. The van der Waals surface area contributed by atoms with Crippen LogP contribution < -0.4 is 5.32 Å². The van der Waals surface area contributed by atoms with E-state index in [1.807, 2.05) is 0 Å². The minimum atomic E-state index is -5.76. The third kappa shape index (κ3) is 5.86. The zero-order chi connectivity index (χ0) is 31.1. The lowest BCUT2D eigenvalue weighted by Gasteiger charge is -2.43. The molecule has 16 heteroatoms. The molecule has 0 unspecified atom stereocenters. The standard InChI is InChI=1S/C27H32F2N3O8PS2/c1-43(39,40)13-14-11-31(12-14)26(35)21-4-3-19-8-15-6-16(15)9-20(25(34)32(19)21)30-24(33)23-10-17-7-18(2-5-22(17)42-23)27(28,29)41(36,37)38/h2,5,7,10,14-16,19-21H,3-4,6,8-9,11-13H2,1H3,(H,30,33)(H2,36,37,38)/t15-,16+,19+,20-,21-/m0/s1. The number of rotatable bonds is 7. The Hall–Kier alpha value is -2.45. The van der Waals surface area contributed by atoms with Gasteiger partial charge in [-0.25, -0.2) is 8.42 Å². The molecule has 43 heavy (non-hydrogen) atoms. The number of nitrogens with zero attached hydrogens (tertiary/aromatic N) is 2. The lowest BCUT2D eigenvalue weighted by molar-refractivity contribution is -0.150. The number of hydrogen-bond donors (Lipinski definition) is 3. The third-order valence-electron chi connectivity index (χ3n) is 9.09. The highest BCUT2D eigenvalue weighted by Crippen LogP contribution is 2.59. The maximum atomic E-state index is 14.2. The molecule has 3 amide bonds. The van der Waals surface area contributed by atoms with Crippen molar-refractivity contribution in [3.8, 4) is 0 Å². The van der Waals surface area contributed by atoms with Gasteiger partial charge in [0.1, 0.15) is 21.9 Å². The quantitative estimate of drug-likeness (QED) is 0.382. The van der Waals surface area contributed by atoms with Crippen molar-refractivity contribution in [1.82, 2.24) is 15.1 Å². The Bertz CT molecular complexity index is 1650. The Balaban J connectivity index is 1.19. The third-order valence-corrected chi connectivity index (χ3v) is 12.3. The molecule has 3 aliphatic heterocycles. The maximum absolute atomic E-state index is 14.2. The topological polar surface area (TPSA) is 161 Å². The van der Waals surface area contributed by atoms with E-state index in [1.165, 1.54) is 18.4 Å². The largest absolute Gasteiger partial charge is 0.399 e. The van der Waals surface area contributed by atoms with Crippen LogP contribution in [-0.2, 0) is 29.7 Å². The predicted molar refractivity (Wildman–Crippen MR) is 153 cm³/mol. The van der Waals surface area contributed by atoms with Crippen molar-refractivity contribution in [2.24, 2.45) is 17.8 Å². The molecule has 1 saturated carbocycles. The molecule has 1 aromatic heterocycles. The van der Waals surface area contributed by atoms with Crippen molar-refractivity contribution >= 4 is 56.6 Å². The van der Waals surface area contributed by atoms with E-state index in [4.69, 9.17) is 9.79 Å². The van der Waals surface area contributed by atoms with Gasteiger partial charge in [0, 0.05) is 41.6 Å². The molecule has 1 aliphatic carbocycles. The number of carbonyl (C=O) groups is 3. The molecule has 234 valence electrons. The first-order valence-corrected chi connectivity index (χ1v) is 18.6. The number of nitrogens with one attached hydrogen (secondary N) is 1. The summed E-state index contributed by atoms with van der Waals surface area (Å²) in [5.41, 5.74) is -5.25. The van der Waals surface area contributed by atoms with Gasteiger partial charge in [0.25, 0.3) is 5.91 Å². The van der Waals surface area contributed by atoms with Crippen molar-refractivity contribution in [1.29, 1.82) is 0 Å². The number of fused-ring (bicyclic) bond motifs is 3. The van der Waals surface area contributed by atoms with Crippen LogP contribution in [0.4, 0.5) is 8.78 Å². The molecule has 5 atom stereocenters. The second-order valence-electron chi connectivity index (χ2n) is 12.4. The number of benzene rings is 1. The molecule has 0 bridgehead atoms. The van der Waals surface area contributed by atoms with E-state index in [2.05, 4.69) is 5.32 Å². The van der Waals surface area contributed by atoms with Crippen LogP contribution in [0.5, 0.6) is 0 Å². The number of halogens is 2. The highest BCUT2D eigenvalue weighted by molar-refractivity contribution is 7.90. The lowest BCUT2D eigenvalue weighted by atomic mass is 9.98. The van der Waals surface area contributed by atoms with E-state index in [0.717, 1.165) is 36.3 Å². The Labute approximate surface area is 250 Å². The second-order valence-corrected chi connectivity index (χ2v) is 17.3. The summed E-state index contributed by atoms with van der Waals surface area (Å²) in [5.74, 6) is -0.559. The smallest absolute Gasteiger partial charge is 0.340 e. The zero-order valence-electron chi connectivity index (χ0n) is 23.2. The summed E-state index contributed by atoms with van der Waals surface area (Å²) in [7, 11) is -8.92. The molecule has 6 rings (SSSR count). The average Bonchev–Trinajstić information content (AvgIpc) is 3.27. The maximum Gasteiger partial charge on any atom is 0.399 e. The fraction of sp³-hybridized carbons (Fsp3) is 0.593. The first-order chi connectivity index (χ1) is 20.0. The molecular formula is C27H32F2N3O8PS2. The fourth-order valence-corrected chi connectivity index (χ4v) is 9.35. The van der Waals surface area contributed by atoms with E-state index < -0.39 is 46.7 Å². The molecular weight excluding hydrogens is 627 g/mol. The van der Waals surface area contributed by atoms with Gasteiger partial charge in [0.15, 0.2) is 0 Å². The lowest BCUT2D eigenvalue weighted by Crippen LogP contribution is -2.60. The van der Waals surface area contributed by atoms with Gasteiger partial charge in [0.05, 0.1) is 10.6 Å². The summed E-state index contributed by atoms with van der Waals surface area (Å²) >= 11 is 1.01. The van der Waals surface area contributed by atoms with Gasteiger partial charge in [-0.3, -0.25) is 18.9 Å². The van der Waals surface area contributed by atoms with Gasteiger partial charge in [-0.1, -0.05) is 6.07 Å². The van der Waals surface area contributed by atoms with Crippen molar-refractivity contribution < 1.29 is 45.9 Å². The van der Waals surface area contributed by atoms with Crippen LogP contribution in [0.1, 0.15) is 47.3 Å². The molecule has 0 spiro atoms. The van der Waals surface area contributed by atoms with Crippen molar-refractivity contribution in [3.63, 3.8) is 0 Å². The number of likely N-dealkylation sites (tertiary alicyclic amines) is 1. The van der Waals surface area contributed by atoms with Crippen LogP contribution >= 0.6 is 18.9 Å². The summed E-state index contributed by atoms with van der Waals surface area (Å²) in [6.07, 6.45) is 4.49. The monoisotopic (exact) mass is 659 g/mol. The van der Waals surface area contributed by atoms with Crippen molar-refractivity contribution in [3.05, 3.63) is 34.7 Å². The Morgan fingerprint density at radius 1 is 1.12 bits per heavy atom. The summed E-state index contributed by atoms with van der Waals surface area (Å²) in [6, 6.07) is 2.80. The number of carbonyl (C=O) groups excluding carboxylic acids is 3. The number of thiophene rings is 1. The highest BCUT2D eigenvalue weighted by atomic mass is 32.2. The zero-order valence-corrected chi connectivity index (χ0v) is 25.7. The first-order valence-electron chi connectivity index (χ1n) is 14.1. The van der Waals surface area contributed by atoms with Crippen molar-refractivity contribution in [2.75, 3.05) is 25.1 Å². The fourth-order valence-electron chi connectivity index (χ4n) is 6.87. The van der Waals surface area contributed by atoms with E-state index >= 15 is 0 Å². The molecule has 4 heterocycles. The summed E-state index contributed by atoms with van der Waals surface area (Å²) in [5, 5.41) is 3.03. The van der Waals surface area contributed by atoms with Gasteiger partial charge in [0.2, 0.25) is 11.8 Å². The minimum absolute atomic E-state index is 0.00896. The van der Waals surface area contributed by atoms with Gasteiger partial charge >= 0.3 is 13.3 Å². The molecule has 3 saturated heterocycles. The van der Waals surface area contributed by atoms with Gasteiger partial charge in [-0.05, 0) is 67.5 Å². The molecule has 3 N–H and O–H groups in total. The second kappa shape index (κ2) is 10.6. The number of sulfone groups is 1. The van der Waals surface area contributed by atoms with Crippen LogP contribution in [0.25, 0.3) is 10.1 Å². The molecule has 4 fully saturated rings. The highest BCUT2D eigenvalue weighted by Gasteiger charge is 2.53. The van der Waals surface area contributed by atoms with Crippen LogP contribution in [0.3, 0.4) is 0 Å². The van der Waals surface area contributed by atoms with E-state index in [9.17, 15) is 36.1 Å². The van der Waals surface area contributed by atoms with E-state index in [1.54, 1.807) is 9.80 Å². The van der Waals surface area contributed by atoms with E-state index in [-0.39, 0.29) is 45.7 Å². The summed E-state index contributed by atoms with van der Waals surface area (Å²) < 4.78 is 63.5. The Morgan fingerprint density at radius 2 is 1.81 bits per heavy atom. The van der Waals surface area contributed by atoms with Gasteiger partial charge < -0.3 is 24.9 Å². The van der Waals surface area contributed by atoms with Crippen LogP contribution in [-0.4, -0.2) is 88.9 Å². The average molecular weight is 660 g/mol. The first kappa shape index (κ1) is 30.6. The molecule has 1 aromatic carbocycles. The summed E-state index contributed by atoms with van der Waals surface area (Å²) in [6.45, 7) is 0.654. The normalized spacial score (nSPS) is 28.1. The number of alkyl halides is 2. The van der Waals surface area contributed by atoms with E-state index in [0.29, 0.717) is 43.0 Å². The van der Waals surface area contributed by atoms with Crippen molar-refractivity contribution in [2.45, 2.75) is 55.9 Å². The van der Waals surface area contributed by atoms with Gasteiger partial charge in [-0.2, -0.15) is 8.78 Å². The minimum Gasteiger partial charge on any atom is -0.340 e. The van der Waals surface area contributed by atoms with Crippen LogP contribution in [0.15, 0.2) is 24.3 Å². The molecule has 2 aromatic rings. The molecule has 0 radical (unpaired) electrons. The molecule has 4 aliphatic rings. The van der Waals surface area contributed by atoms with Crippen LogP contribution in [0, 0.1) is 17.8 Å². The SMILES string of the molecule is CS(=O)(=O)CC1CN(C(=O)[C@@H]2CC[C@@H]3C[C@@H]4C[C@@H]4C[C@H](NC(=O)c4cc5cc(C(F)(F)P(=O)(O)O)ccc5s4)C(=O)N32)C1. The predicted octanol–water partition coefficient (Wildman–Crippen LogP) is 2.52. The number of hydrogen-bond acceptors (Lipinski definition) is 7. The van der Waals surface area contributed by atoms with Gasteiger partial charge in [-0.15, -0.1) is 11.3 Å². The Kier molecular flexibility index (Phi) is 7.52. The summed E-state index contributed by atoms with van der Waals surface area (Å²) in [4.78, 5) is 62.2.